The number of ketones is 1. The molecule has 0 bridgehead atoms. The summed E-state index contributed by atoms with van der Waals surface area (Å²) in [6.45, 7) is 13.0. The van der Waals surface area contributed by atoms with E-state index in [-0.39, 0.29) is 29.6 Å². The SMILES string of the molecule is Cc1nn(C)c(C)c1C(=O)CC[NH2+]C(C)C(O)c1ccc(C(C)(C)C)cc1.[Cl-]. The zero-order chi connectivity index (χ0) is 20.4. The number of aliphatic hydroxyl groups excluding tert-OH is 1. The largest absolute Gasteiger partial charge is 1.00 e. The summed E-state index contributed by atoms with van der Waals surface area (Å²) in [6, 6.07) is 8.16. The van der Waals surface area contributed by atoms with Crippen LogP contribution in [0.4, 0.5) is 0 Å². The van der Waals surface area contributed by atoms with Gasteiger partial charge in [-0.15, -0.1) is 0 Å². The average Bonchev–Trinajstić information content (AvgIpc) is 2.85. The van der Waals surface area contributed by atoms with Crippen LogP contribution in [0.2, 0.25) is 0 Å². The Labute approximate surface area is 174 Å². The number of hydrogen-bond acceptors (Lipinski definition) is 3. The minimum atomic E-state index is -0.559. The Balaban J connectivity index is 0.00000392. The van der Waals surface area contributed by atoms with E-state index < -0.39 is 6.10 Å². The number of halogens is 1. The molecule has 5 nitrogen and oxygen atoms in total. The number of rotatable bonds is 7. The van der Waals surface area contributed by atoms with Crippen molar-refractivity contribution < 1.29 is 27.6 Å². The molecule has 1 heterocycles. The van der Waals surface area contributed by atoms with E-state index in [1.54, 1.807) is 4.68 Å². The van der Waals surface area contributed by atoms with Gasteiger partial charge in [-0.2, -0.15) is 5.10 Å². The summed E-state index contributed by atoms with van der Waals surface area (Å²) in [6.07, 6.45) is -0.121. The lowest BCUT2D eigenvalue weighted by Gasteiger charge is -2.21. The van der Waals surface area contributed by atoms with Crippen LogP contribution >= 0.6 is 0 Å². The van der Waals surface area contributed by atoms with Crippen LogP contribution in [0, 0.1) is 13.8 Å². The minimum absolute atomic E-state index is 0. The number of benzene rings is 1. The maximum Gasteiger partial charge on any atom is 0.172 e. The van der Waals surface area contributed by atoms with E-state index >= 15 is 0 Å². The van der Waals surface area contributed by atoms with Crippen molar-refractivity contribution in [3.05, 3.63) is 52.3 Å². The third kappa shape index (κ3) is 5.66. The lowest BCUT2D eigenvalue weighted by Crippen LogP contribution is -3.00. The lowest BCUT2D eigenvalue weighted by molar-refractivity contribution is -0.693. The molecule has 3 N–H and O–H groups in total. The number of aryl methyl sites for hydroxylation is 2. The predicted octanol–water partition coefficient (Wildman–Crippen LogP) is -0.403. The van der Waals surface area contributed by atoms with Crippen molar-refractivity contribution in [2.45, 2.75) is 65.5 Å². The Morgan fingerprint density at radius 2 is 1.79 bits per heavy atom. The third-order valence-corrected chi connectivity index (χ3v) is 5.31. The molecule has 156 valence electrons. The summed E-state index contributed by atoms with van der Waals surface area (Å²) in [4.78, 5) is 12.5. The number of aromatic nitrogens is 2. The first-order valence-corrected chi connectivity index (χ1v) is 9.67. The highest BCUT2D eigenvalue weighted by atomic mass is 35.5. The summed E-state index contributed by atoms with van der Waals surface area (Å²) in [5, 5.41) is 17.0. The molecule has 0 saturated carbocycles. The van der Waals surface area contributed by atoms with Gasteiger partial charge in [-0.25, -0.2) is 0 Å². The molecule has 1 aromatic carbocycles. The van der Waals surface area contributed by atoms with Crippen molar-refractivity contribution in [1.82, 2.24) is 9.78 Å². The van der Waals surface area contributed by atoms with Crippen LogP contribution in [0.1, 0.15) is 73.1 Å². The Kier molecular flexibility index (Phi) is 8.42. The Morgan fingerprint density at radius 1 is 1.21 bits per heavy atom. The van der Waals surface area contributed by atoms with Crippen molar-refractivity contribution in [2.24, 2.45) is 7.05 Å². The smallest absolute Gasteiger partial charge is 0.172 e. The highest BCUT2D eigenvalue weighted by molar-refractivity contribution is 5.98. The number of hydrogen-bond donors (Lipinski definition) is 2. The molecule has 0 aliphatic carbocycles. The molecule has 0 fully saturated rings. The molecule has 0 aliphatic heterocycles. The fourth-order valence-electron chi connectivity index (χ4n) is 3.39. The van der Waals surface area contributed by atoms with Crippen LogP contribution in [-0.2, 0) is 12.5 Å². The number of carbonyl (C=O) groups is 1. The van der Waals surface area contributed by atoms with E-state index in [2.05, 4.69) is 38.0 Å². The summed E-state index contributed by atoms with van der Waals surface area (Å²) in [5.74, 6) is 0.116. The van der Waals surface area contributed by atoms with Crippen molar-refractivity contribution in [3.63, 3.8) is 0 Å². The molecule has 2 rings (SSSR count). The molecule has 2 atom stereocenters. The fraction of sp³-hybridized carbons (Fsp3) is 0.545. The zero-order valence-electron chi connectivity index (χ0n) is 18.1. The Hall–Kier alpha value is -1.69. The molecular weight excluding hydrogens is 374 g/mol. The van der Waals surface area contributed by atoms with Crippen molar-refractivity contribution in [1.29, 1.82) is 0 Å². The van der Waals surface area contributed by atoms with Gasteiger partial charge in [0.2, 0.25) is 0 Å². The second-order valence-corrected chi connectivity index (χ2v) is 8.54. The van der Waals surface area contributed by atoms with E-state index in [1.807, 2.05) is 45.3 Å². The monoisotopic (exact) mass is 407 g/mol. The maximum absolute atomic E-state index is 12.5. The molecule has 2 aromatic rings. The third-order valence-electron chi connectivity index (χ3n) is 5.31. The average molecular weight is 408 g/mol. The summed E-state index contributed by atoms with van der Waals surface area (Å²) in [7, 11) is 1.86. The lowest BCUT2D eigenvalue weighted by atomic mass is 9.86. The number of aliphatic hydroxyl groups is 1. The number of Topliss-reactive ketones (excluding diaryl/α,β-unsaturated/α-hetero) is 1. The Morgan fingerprint density at radius 3 is 2.25 bits per heavy atom. The molecule has 0 saturated heterocycles. The molecule has 0 radical (unpaired) electrons. The van der Waals surface area contributed by atoms with E-state index in [1.165, 1.54) is 5.56 Å². The molecule has 2 unspecified atom stereocenters. The van der Waals surface area contributed by atoms with Gasteiger partial charge >= 0.3 is 0 Å². The molecular formula is C22H34ClN3O2. The summed E-state index contributed by atoms with van der Waals surface area (Å²) >= 11 is 0. The first-order valence-electron chi connectivity index (χ1n) is 9.67. The summed E-state index contributed by atoms with van der Waals surface area (Å²) < 4.78 is 1.75. The van der Waals surface area contributed by atoms with Crippen LogP contribution in [0.15, 0.2) is 24.3 Å². The zero-order valence-corrected chi connectivity index (χ0v) is 18.8. The highest BCUT2D eigenvalue weighted by Crippen LogP contribution is 2.24. The summed E-state index contributed by atoms with van der Waals surface area (Å²) in [5.41, 5.74) is 4.69. The molecule has 1 aromatic heterocycles. The van der Waals surface area contributed by atoms with Crippen LogP contribution in [0.5, 0.6) is 0 Å². The molecule has 0 aliphatic rings. The van der Waals surface area contributed by atoms with Gasteiger partial charge in [0.25, 0.3) is 0 Å². The minimum Gasteiger partial charge on any atom is -1.00 e. The predicted molar refractivity (Wildman–Crippen MR) is 108 cm³/mol. The van der Waals surface area contributed by atoms with Gasteiger partial charge in [0, 0.05) is 12.7 Å². The fourth-order valence-corrected chi connectivity index (χ4v) is 3.39. The van der Waals surface area contributed by atoms with Crippen molar-refractivity contribution in [3.8, 4) is 0 Å². The van der Waals surface area contributed by atoms with Gasteiger partial charge in [-0.3, -0.25) is 9.48 Å². The van der Waals surface area contributed by atoms with Gasteiger partial charge < -0.3 is 22.8 Å². The topological polar surface area (TPSA) is 71.7 Å². The normalized spacial score (nSPS) is 13.7. The molecule has 0 amide bonds. The first-order chi connectivity index (χ1) is 12.5. The molecule has 6 heteroatoms. The van der Waals surface area contributed by atoms with Crippen molar-refractivity contribution >= 4 is 5.78 Å². The van der Waals surface area contributed by atoms with Gasteiger partial charge in [-0.05, 0) is 37.3 Å². The quantitative estimate of drug-likeness (QED) is 0.613. The Bertz CT molecular complexity index is 791. The number of nitrogens with zero attached hydrogens (tertiary/aromatic N) is 2. The van der Waals surface area contributed by atoms with E-state index in [0.29, 0.717) is 13.0 Å². The highest BCUT2D eigenvalue weighted by Gasteiger charge is 2.22. The molecule has 0 spiro atoms. The maximum atomic E-state index is 12.5. The van der Waals surface area contributed by atoms with Crippen LogP contribution in [0.3, 0.4) is 0 Å². The van der Waals surface area contributed by atoms with Gasteiger partial charge in [0.15, 0.2) is 5.78 Å². The van der Waals surface area contributed by atoms with E-state index in [9.17, 15) is 9.90 Å². The van der Waals surface area contributed by atoms with Gasteiger partial charge in [0.05, 0.1) is 24.2 Å². The van der Waals surface area contributed by atoms with Crippen LogP contribution in [-0.4, -0.2) is 33.3 Å². The number of carbonyl (C=O) groups excluding carboxylic acids is 1. The van der Waals surface area contributed by atoms with Gasteiger partial charge in [-0.1, -0.05) is 45.0 Å². The van der Waals surface area contributed by atoms with E-state index in [4.69, 9.17) is 0 Å². The first kappa shape index (κ1) is 24.3. The standard InChI is InChI=1S/C22H33N3O2.ClH/c1-14-20(16(3)25(7)24-14)19(26)12-13-23-15(2)21(27)17-8-10-18(11-9-17)22(4,5)6;/h8-11,15,21,23,27H,12-13H2,1-7H3;1H. The molecule has 28 heavy (non-hydrogen) atoms. The second kappa shape index (κ2) is 9.68. The number of quaternary nitrogens is 1. The van der Waals surface area contributed by atoms with Crippen LogP contribution < -0.4 is 17.7 Å². The van der Waals surface area contributed by atoms with Crippen LogP contribution in [0.25, 0.3) is 0 Å². The number of nitrogens with two attached hydrogens (primary N) is 1. The van der Waals surface area contributed by atoms with Crippen molar-refractivity contribution in [2.75, 3.05) is 6.54 Å². The van der Waals surface area contributed by atoms with E-state index in [0.717, 1.165) is 22.5 Å². The second-order valence-electron chi connectivity index (χ2n) is 8.54. The van der Waals surface area contributed by atoms with Gasteiger partial charge in [0.1, 0.15) is 12.1 Å².